The average Bonchev–Trinajstić information content (AvgIpc) is 2.74. The predicted molar refractivity (Wildman–Crippen MR) is 68.6 cm³/mol. The monoisotopic (exact) mass is 225 g/mol. The molecule has 1 N–H and O–H groups in total. The van der Waals surface area contributed by atoms with Crippen molar-refractivity contribution in [1.29, 1.82) is 0 Å². The number of ketones is 1. The van der Waals surface area contributed by atoms with Crippen molar-refractivity contribution in [2.45, 2.75) is 77.2 Å². The molecule has 0 bridgehead atoms. The van der Waals surface area contributed by atoms with Crippen molar-refractivity contribution in [3.05, 3.63) is 0 Å². The highest BCUT2D eigenvalue weighted by atomic mass is 16.1. The van der Waals surface area contributed by atoms with Gasteiger partial charge in [-0.05, 0) is 32.2 Å². The van der Waals surface area contributed by atoms with Crippen molar-refractivity contribution in [3.8, 4) is 0 Å². The second kappa shape index (κ2) is 7.05. The van der Waals surface area contributed by atoms with Gasteiger partial charge in [0.15, 0.2) is 5.78 Å². The molecule has 1 rings (SSSR count). The van der Waals surface area contributed by atoms with E-state index in [1.165, 1.54) is 25.7 Å². The largest absolute Gasteiger partial charge is 0.305 e. The zero-order chi connectivity index (χ0) is 11.9. The quantitative estimate of drug-likeness (QED) is 0.641. The van der Waals surface area contributed by atoms with Crippen molar-refractivity contribution in [3.63, 3.8) is 0 Å². The van der Waals surface area contributed by atoms with Crippen molar-refractivity contribution < 1.29 is 4.79 Å². The maximum Gasteiger partial charge on any atom is 0.152 e. The van der Waals surface area contributed by atoms with Gasteiger partial charge in [0, 0.05) is 6.42 Å². The van der Waals surface area contributed by atoms with E-state index >= 15 is 0 Å². The molecule has 1 saturated heterocycles. The average molecular weight is 225 g/mol. The molecule has 0 radical (unpaired) electrons. The molecule has 0 aliphatic carbocycles. The number of hydrogen-bond donors (Lipinski definition) is 1. The van der Waals surface area contributed by atoms with Gasteiger partial charge >= 0.3 is 0 Å². The molecule has 0 aromatic heterocycles. The highest BCUT2D eigenvalue weighted by Crippen LogP contribution is 2.27. The van der Waals surface area contributed by atoms with E-state index in [9.17, 15) is 4.79 Å². The van der Waals surface area contributed by atoms with Gasteiger partial charge in [-0.1, -0.05) is 39.5 Å². The molecule has 1 aliphatic rings. The molecule has 1 atom stereocenters. The zero-order valence-electron chi connectivity index (χ0n) is 11.0. The molecule has 1 heterocycles. The summed E-state index contributed by atoms with van der Waals surface area (Å²) in [5, 5.41) is 3.46. The van der Waals surface area contributed by atoms with Crippen LogP contribution in [0.2, 0.25) is 0 Å². The van der Waals surface area contributed by atoms with Crippen LogP contribution in [-0.4, -0.2) is 17.9 Å². The fourth-order valence-electron chi connectivity index (χ4n) is 2.78. The minimum atomic E-state index is -0.138. The van der Waals surface area contributed by atoms with E-state index in [0.717, 1.165) is 38.6 Å². The smallest absolute Gasteiger partial charge is 0.152 e. The molecule has 2 nitrogen and oxygen atoms in total. The molecule has 0 aromatic rings. The lowest BCUT2D eigenvalue weighted by atomic mass is 9.85. The first kappa shape index (κ1) is 13.7. The van der Waals surface area contributed by atoms with Crippen LogP contribution < -0.4 is 5.32 Å². The molecular formula is C14H27NO. The third-order valence-corrected chi connectivity index (χ3v) is 3.71. The summed E-state index contributed by atoms with van der Waals surface area (Å²) in [7, 11) is 0. The molecule has 0 spiro atoms. The summed E-state index contributed by atoms with van der Waals surface area (Å²) in [4.78, 5) is 12.3. The Bertz CT molecular complexity index is 207. The summed E-state index contributed by atoms with van der Waals surface area (Å²) in [6.45, 7) is 5.41. The topological polar surface area (TPSA) is 29.1 Å². The van der Waals surface area contributed by atoms with Crippen LogP contribution in [0, 0.1) is 0 Å². The fourth-order valence-corrected chi connectivity index (χ4v) is 2.78. The van der Waals surface area contributed by atoms with Crippen LogP contribution >= 0.6 is 0 Å². The number of carbonyl (C=O) groups is 1. The Hall–Kier alpha value is -0.370. The number of hydrogen-bond acceptors (Lipinski definition) is 2. The Balaban J connectivity index is 2.36. The van der Waals surface area contributed by atoms with E-state index in [2.05, 4.69) is 19.2 Å². The van der Waals surface area contributed by atoms with Crippen LogP contribution in [0.5, 0.6) is 0 Å². The molecule has 94 valence electrons. The van der Waals surface area contributed by atoms with E-state index < -0.39 is 0 Å². The van der Waals surface area contributed by atoms with Crippen LogP contribution in [-0.2, 0) is 4.79 Å². The number of unbranched alkanes of at least 4 members (excludes halogenated alkanes) is 3. The molecule has 2 heteroatoms. The first-order chi connectivity index (χ1) is 7.75. The Morgan fingerprint density at radius 3 is 2.56 bits per heavy atom. The van der Waals surface area contributed by atoms with Crippen LogP contribution in [0.25, 0.3) is 0 Å². The van der Waals surface area contributed by atoms with Crippen molar-refractivity contribution in [2.24, 2.45) is 0 Å². The normalized spacial score (nSPS) is 24.9. The van der Waals surface area contributed by atoms with Gasteiger partial charge in [0.1, 0.15) is 0 Å². The van der Waals surface area contributed by atoms with Crippen molar-refractivity contribution in [1.82, 2.24) is 5.32 Å². The van der Waals surface area contributed by atoms with E-state index in [0.29, 0.717) is 5.78 Å². The van der Waals surface area contributed by atoms with Gasteiger partial charge in [-0.25, -0.2) is 0 Å². The van der Waals surface area contributed by atoms with E-state index in [1.807, 2.05) is 0 Å². The molecule has 1 unspecified atom stereocenters. The van der Waals surface area contributed by atoms with Gasteiger partial charge in [0.2, 0.25) is 0 Å². The fraction of sp³-hybridized carbons (Fsp3) is 0.929. The molecule has 0 amide bonds. The Morgan fingerprint density at radius 2 is 2.00 bits per heavy atom. The molecule has 0 saturated carbocycles. The van der Waals surface area contributed by atoms with Gasteiger partial charge in [-0.15, -0.1) is 0 Å². The standard InChI is InChI=1S/C14H27NO/c1-3-5-6-7-9-13(16)14(10-4-2)11-8-12-15-14/h15H,3-12H2,1-2H3. The maximum absolute atomic E-state index is 12.3. The van der Waals surface area contributed by atoms with Crippen LogP contribution in [0.15, 0.2) is 0 Å². The Morgan fingerprint density at radius 1 is 1.19 bits per heavy atom. The summed E-state index contributed by atoms with van der Waals surface area (Å²) in [5.41, 5.74) is -0.138. The Kier molecular flexibility index (Phi) is 6.04. The number of Topliss-reactive ketones (excluding diaryl/α,β-unsaturated/α-hetero) is 1. The first-order valence-corrected chi connectivity index (χ1v) is 7.03. The minimum Gasteiger partial charge on any atom is -0.305 e. The second-order valence-corrected chi connectivity index (χ2v) is 5.10. The third kappa shape index (κ3) is 3.58. The summed E-state index contributed by atoms with van der Waals surface area (Å²) < 4.78 is 0. The summed E-state index contributed by atoms with van der Waals surface area (Å²) >= 11 is 0. The van der Waals surface area contributed by atoms with Crippen molar-refractivity contribution in [2.75, 3.05) is 6.54 Å². The van der Waals surface area contributed by atoms with E-state index in [1.54, 1.807) is 0 Å². The highest BCUT2D eigenvalue weighted by molar-refractivity contribution is 5.88. The lowest BCUT2D eigenvalue weighted by molar-refractivity contribution is -0.125. The van der Waals surface area contributed by atoms with Gasteiger partial charge in [-0.3, -0.25) is 4.79 Å². The third-order valence-electron chi connectivity index (χ3n) is 3.71. The molecule has 0 aromatic carbocycles. The van der Waals surface area contributed by atoms with Gasteiger partial charge in [0.25, 0.3) is 0 Å². The second-order valence-electron chi connectivity index (χ2n) is 5.10. The number of nitrogens with one attached hydrogen (secondary N) is 1. The number of carbonyl (C=O) groups excluding carboxylic acids is 1. The van der Waals surface area contributed by atoms with E-state index in [4.69, 9.17) is 0 Å². The lowest BCUT2D eigenvalue weighted by Crippen LogP contribution is -2.47. The highest BCUT2D eigenvalue weighted by Gasteiger charge is 2.38. The van der Waals surface area contributed by atoms with Gasteiger partial charge in [0.05, 0.1) is 5.54 Å². The Labute approximate surface area is 100 Å². The van der Waals surface area contributed by atoms with Gasteiger partial charge in [-0.2, -0.15) is 0 Å². The molecular weight excluding hydrogens is 198 g/mol. The first-order valence-electron chi connectivity index (χ1n) is 7.03. The number of rotatable bonds is 8. The van der Waals surface area contributed by atoms with E-state index in [-0.39, 0.29) is 5.54 Å². The van der Waals surface area contributed by atoms with Crippen LogP contribution in [0.4, 0.5) is 0 Å². The molecule has 1 aliphatic heterocycles. The summed E-state index contributed by atoms with van der Waals surface area (Å²) in [5.74, 6) is 0.475. The van der Waals surface area contributed by atoms with Crippen LogP contribution in [0.1, 0.15) is 71.6 Å². The van der Waals surface area contributed by atoms with Crippen LogP contribution in [0.3, 0.4) is 0 Å². The summed E-state index contributed by atoms with van der Waals surface area (Å²) in [6, 6.07) is 0. The predicted octanol–water partition coefficient (Wildman–Crippen LogP) is 3.45. The maximum atomic E-state index is 12.3. The minimum absolute atomic E-state index is 0.138. The SMILES string of the molecule is CCCCCCC(=O)C1(CCC)CCCN1. The zero-order valence-corrected chi connectivity index (χ0v) is 11.0. The lowest BCUT2D eigenvalue weighted by Gasteiger charge is -2.27. The van der Waals surface area contributed by atoms with Gasteiger partial charge < -0.3 is 5.32 Å². The van der Waals surface area contributed by atoms with Crippen molar-refractivity contribution >= 4 is 5.78 Å². The summed E-state index contributed by atoms with van der Waals surface area (Å²) in [6.07, 6.45) is 9.95. The molecule has 16 heavy (non-hydrogen) atoms. The molecule has 1 fully saturated rings.